The van der Waals surface area contributed by atoms with Crippen LogP contribution in [0.1, 0.15) is 9.67 Å². The number of halogens is 1. The highest BCUT2D eigenvalue weighted by atomic mass is 35.5. The maximum atomic E-state index is 12.1. The van der Waals surface area contributed by atoms with Gasteiger partial charge in [-0.2, -0.15) is 0 Å². The highest BCUT2D eigenvalue weighted by molar-refractivity contribution is 7.17. The van der Waals surface area contributed by atoms with E-state index in [1.165, 1.54) is 28.2 Å². The summed E-state index contributed by atoms with van der Waals surface area (Å²) < 4.78 is 1.91. The van der Waals surface area contributed by atoms with Gasteiger partial charge < -0.3 is 10.7 Å². The number of amides is 1. The number of nitrogens with one attached hydrogen (secondary N) is 4. The summed E-state index contributed by atoms with van der Waals surface area (Å²) in [5.74, 6) is -0.196. The second-order valence-corrected chi connectivity index (χ2v) is 7.76. The quantitative estimate of drug-likeness (QED) is 0.486. The number of anilines is 1. The fourth-order valence-electron chi connectivity index (χ4n) is 2.67. The van der Waals surface area contributed by atoms with E-state index in [2.05, 4.69) is 21.3 Å². The Kier molecular flexibility index (Phi) is 5.21. The zero-order valence-corrected chi connectivity index (χ0v) is 16.4. The summed E-state index contributed by atoms with van der Waals surface area (Å²) in [4.78, 5) is 37.9. The van der Waals surface area contributed by atoms with E-state index in [9.17, 15) is 14.4 Å². The van der Waals surface area contributed by atoms with Crippen LogP contribution < -0.4 is 32.5 Å². The van der Waals surface area contributed by atoms with Crippen LogP contribution in [0.3, 0.4) is 0 Å². The van der Waals surface area contributed by atoms with Gasteiger partial charge in [-0.3, -0.25) is 24.1 Å². The average molecular weight is 431 g/mol. The molecule has 148 valence electrons. The van der Waals surface area contributed by atoms with Gasteiger partial charge >= 0.3 is 5.69 Å². The van der Waals surface area contributed by atoms with Gasteiger partial charge in [0.25, 0.3) is 11.5 Å². The number of hydrogen-bond acceptors (Lipinski definition) is 7. The molecule has 9 nitrogen and oxygen atoms in total. The highest BCUT2D eigenvalue weighted by Gasteiger charge is 2.15. The van der Waals surface area contributed by atoms with Gasteiger partial charge in [-0.25, -0.2) is 4.79 Å². The third-order valence-corrected chi connectivity index (χ3v) is 5.32. The number of nitrogens with zero attached hydrogens (tertiary/aromatic N) is 2. The molecule has 3 aromatic rings. The minimum Gasteiger partial charge on any atom is -0.346 e. The Morgan fingerprint density at radius 2 is 1.83 bits per heavy atom. The van der Waals surface area contributed by atoms with E-state index in [-0.39, 0.29) is 5.91 Å². The van der Waals surface area contributed by atoms with Crippen LogP contribution in [-0.4, -0.2) is 22.0 Å². The number of H-pyrrole nitrogens is 1. The van der Waals surface area contributed by atoms with E-state index in [1.807, 2.05) is 18.3 Å². The molecule has 0 radical (unpaired) electrons. The fraction of sp³-hybridized carbons (Fsp3) is 0.0556. The molecule has 1 aromatic carbocycles. The van der Waals surface area contributed by atoms with Gasteiger partial charge in [0.15, 0.2) is 0 Å². The van der Waals surface area contributed by atoms with Gasteiger partial charge in [-0.1, -0.05) is 11.6 Å². The van der Waals surface area contributed by atoms with Crippen LogP contribution in [0.5, 0.6) is 0 Å². The Bertz CT molecular complexity index is 1200. The van der Waals surface area contributed by atoms with Crippen molar-refractivity contribution in [3.63, 3.8) is 0 Å². The van der Waals surface area contributed by atoms with Gasteiger partial charge in [-0.05, 0) is 36.4 Å². The zero-order chi connectivity index (χ0) is 20.4. The van der Waals surface area contributed by atoms with Crippen LogP contribution in [0, 0.1) is 0 Å². The van der Waals surface area contributed by atoms with Crippen LogP contribution in [0.15, 0.2) is 70.1 Å². The molecule has 0 saturated carbocycles. The molecule has 0 atom stereocenters. The second-order valence-electron chi connectivity index (χ2n) is 6.04. The molecule has 1 aliphatic heterocycles. The number of hydrogen-bond donors (Lipinski definition) is 4. The summed E-state index contributed by atoms with van der Waals surface area (Å²) >= 11 is 7.07. The molecule has 29 heavy (non-hydrogen) atoms. The number of rotatable bonds is 5. The Labute approximate surface area is 173 Å². The first-order valence-corrected chi connectivity index (χ1v) is 9.66. The van der Waals surface area contributed by atoms with Crippen LogP contribution in [-0.2, 0) is 0 Å². The average Bonchev–Trinajstić information content (AvgIpc) is 3.36. The van der Waals surface area contributed by atoms with Gasteiger partial charge in [0.05, 0.1) is 32.8 Å². The van der Waals surface area contributed by atoms with Crippen LogP contribution in [0.2, 0.25) is 4.34 Å². The lowest BCUT2D eigenvalue weighted by Crippen LogP contribution is -2.38. The van der Waals surface area contributed by atoms with Gasteiger partial charge in [0, 0.05) is 18.5 Å². The third-order valence-electron chi connectivity index (χ3n) is 4.09. The Hall–Kier alpha value is -3.34. The van der Waals surface area contributed by atoms with Crippen molar-refractivity contribution in [3.8, 4) is 5.69 Å². The summed E-state index contributed by atoms with van der Waals surface area (Å²) in [6.07, 6.45) is 3.23. The number of carbonyl (C=O) groups is 1. The summed E-state index contributed by atoms with van der Waals surface area (Å²) in [6.45, 7) is 0.308. The topological polar surface area (TPSA) is 111 Å². The van der Waals surface area contributed by atoms with Crippen molar-refractivity contribution in [2.75, 3.05) is 11.6 Å². The van der Waals surface area contributed by atoms with Crippen molar-refractivity contribution in [2.45, 2.75) is 0 Å². The normalized spacial score (nSPS) is 13.1. The SMILES string of the molecule is O=C(NCC1=CN(c2ccc(-n3ccc(=O)[nH]c3=O)cc2)NN1)c1ccc(Cl)s1. The van der Waals surface area contributed by atoms with E-state index in [4.69, 9.17) is 11.6 Å². The number of thiophene rings is 1. The fourth-order valence-corrected chi connectivity index (χ4v) is 3.63. The maximum Gasteiger partial charge on any atom is 0.332 e. The van der Waals surface area contributed by atoms with Crippen molar-refractivity contribution in [3.05, 3.63) is 90.6 Å². The molecular weight excluding hydrogens is 416 g/mol. The van der Waals surface area contributed by atoms with Crippen molar-refractivity contribution in [1.29, 1.82) is 0 Å². The lowest BCUT2D eigenvalue weighted by Gasteiger charge is -2.15. The minimum atomic E-state index is -0.504. The maximum absolute atomic E-state index is 12.1. The molecule has 0 spiro atoms. The zero-order valence-electron chi connectivity index (χ0n) is 14.8. The number of aromatic nitrogens is 2. The summed E-state index contributed by atoms with van der Waals surface area (Å²) in [5, 5.41) is 4.55. The van der Waals surface area contributed by atoms with Crippen molar-refractivity contribution in [1.82, 2.24) is 25.8 Å². The predicted octanol–water partition coefficient (Wildman–Crippen LogP) is 1.34. The molecular formula is C18H15ClN6O3S. The summed E-state index contributed by atoms with van der Waals surface area (Å²) in [7, 11) is 0. The first-order chi connectivity index (χ1) is 14.0. The molecule has 4 rings (SSSR count). The van der Waals surface area contributed by atoms with Crippen molar-refractivity contribution in [2.24, 2.45) is 0 Å². The van der Waals surface area contributed by atoms with Gasteiger partial charge in [-0.15, -0.1) is 16.9 Å². The molecule has 0 saturated heterocycles. The van der Waals surface area contributed by atoms with E-state index < -0.39 is 11.2 Å². The van der Waals surface area contributed by atoms with Crippen LogP contribution >= 0.6 is 22.9 Å². The van der Waals surface area contributed by atoms with E-state index >= 15 is 0 Å². The second kappa shape index (κ2) is 7.95. The molecule has 1 amide bonds. The molecule has 3 heterocycles. The molecule has 11 heteroatoms. The minimum absolute atomic E-state index is 0.196. The molecule has 0 unspecified atom stereocenters. The predicted molar refractivity (Wildman–Crippen MR) is 111 cm³/mol. The van der Waals surface area contributed by atoms with Crippen molar-refractivity contribution >= 4 is 34.5 Å². The summed E-state index contributed by atoms with van der Waals surface area (Å²) in [5.41, 5.74) is 7.21. The van der Waals surface area contributed by atoms with E-state index in [0.717, 1.165) is 11.4 Å². The Morgan fingerprint density at radius 3 is 2.52 bits per heavy atom. The van der Waals surface area contributed by atoms with Gasteiger partial charge in [0.1, 0.15) is 0 Å². The van der Waals surface area contributed by atoms with Crippen molar-refractivity contribution < 1.29 is 4.79 Å². The molecule has 2 aromatic heterocycles. The number of aromatic amines is 1. The summed E-state index contributed by atoms with van der Waals surface area (Å²) in [6, 6.07) is 11.8. The van der Waals surface area contributed by atoms with Crippen LogP contribution in [0.4, 0.5) is 5.69 Å². The molecule has 1 aliphatic rings. The largest absolute Gasteiger partial charge is 0.346 e. The number of carbonyl (C=O) groups excluding carboxylic acids is 1. The smallest absolute Gasteiger partial charge is 0.332 e. The first-order valence-electron chi connectivity index (χ1n) is 8.47. The Morgan fingerprint density at radius 1 is 1.07 bits per heavy atom. The standard InChI is InChI=1S/C18H15ClN6O3S/c19-15-6-5-14(29-15)17(27)20-9-11-10-25(23-22-11)13-3-1-12(2-4-13)24-8-7-16(26)21-18(24)28/h1-8,10,22-23H,9H2,(H,20,27)(H,21,26,28). The van der Waals surface area contributed by atoms with E-state index in [1.54, 1.807) is 29.3 Å². The first kappa shape index (κ1) is 19.0. The molecule has 0 aliphatic carbocycles. The van der Waals surface area contributed by atoms with Gasteiger partial charge in [0.2, 0.25) is 0 Å². The van der Waals surface area contributed by atoms with E-state index in [0.29, 0.717) is 21.4 Å². The number of benzene rings is 1. The lowest BCUT2D eigenvalue weighted by atomic mass is 10.2. The number of hydrazine groups is 2. The molecule has 0 bridgehead atoms. The molecule has 4 N–H and O–H groups in total. The third kappa shape index (κ3) is 4.24. The molecule has 0 fully saturated rings. The highest BCUT2D eigenvalue weighted by Crippen LogP contribution is 2.21. The monoisotopic (exact) mass is 430 g/mol. The Balaban J connectivity index is 1.41. The van der Waals surface area contributed by atoms with Crippen LogP contribution in [0.25, 0.3) is 5.69 Å². The lowest BCUT2D eigenvalue weighted by molar-refractivity contribution is 0.0960.